The number of anilines is 1. The van der Waals surface area contributed by atoms with Crippen LogP contribution in [0.3, 0.4) is 0 Å². The molecular weight excluding hydrogens is 234 g/mol. The fourth-order valence-electron chi connectivity index (χ4n) is 3.18. The number of rotatable bonds is 3. The van der Waals surface area contributed by atoms with E-state index in [1.165, 1.54) is 29.7 Å². The highest BCUT2D eigenvalue weighted by Crippen LogP contribution is 2.29. The van der Waals surface area contributed by atoms with Crippen LogP contribution in [0, 0.1) is 13.8 Å². The molecule has 1 aromatic carbocycles. The molecule has 0 saturated carbocycles. The minimum absolute atomic E-state index is 0.121. The monoisotopic (exact) mass is 261 g/mol. The number of aryl methyl sites for hydroxylation is 2. The Balaban J connectivity index is 2.25. The van der Waals surface area contributed by atoms with E-state index in [2.05, 4.69) is 55.9 Å². The quantitative estimate of drug-likeness (QED) is 0.905. The van der Waals surface area contributed by atoms with Crippen LogP contribution in [0.25, 0.3) is 0 Å². The predicted octanol–water partition coefficient (Wildman–Crippen LogP) is 2.16. The Bertz CT molecular complexity index is 421. The largest absolute Gasteiger partial charge is 0.370 e. The Kier molecular flexibility index (Phi) is 4.16. The summed E-state index contributed by atoms with van der Waals surface area (Å²) in [6.45, 7) is 7.23. The van der Waals surface area contributed by atoms with Crippen molar-refractivity contribution in [3.8, 4) is 0 Å². The Morgan fingerprint density at radius 2 is 1.84 bits per heavy atom. The lowest BCUT2D eigenvalue weighted by atomic mass is 9.87. The lowest BCUT2D eigenvalue weighted by Crippen LogP contribution is -2.60. The van der Waals surface area contributed by atoms with Gasteiger partial charge in [0.1, 0.15) is 0 Å². The van der Waals surface area contributed by atoms with Crippen molar-refractivity contribution in [2.24, 2.45) is 5.73 Å². The number of nitrogens with zero attached hydrogens (tertiary/aromatic N) is 2. The third-order valence-corrected chi connectivity index (χ3v) is 4.46. The minimum atomic E-state index is 0.121. The molecule has 1 heterocycles. The van der Waals surface area contributed by atoms with Gasteiger partial charge in [0.2, 0.25) is 0 Å². The molecule has 0 amide bonds. The van der Waals surface area contributed by atoms with Crippen LogP contribution in [0.1, 0.15) is 24.0 Å². The van der Waals surface area contributed by atoms with Gasteiger partial charge in [-0.1, -0.05) is 6.07 Å². The zero-order valence-electron chi connectivity index (χ0n) is 12.7. The average Bonchev–Trinajstić information content (AvgIpc) is 2.37. The normalized spacial score (nSPS) is 24.0. The van der Waals surface area contributed by atoms with Crippen molar-refractivity contribution in [1.29, 1.82) is 0 Å². The van der Waals surface area contributed by atoms with Gasteiger partial charge in [-0.25, -0.2) is 0 Å². The predicted molar refractivity (Wildman–Crippen MR) is 82.8 cm³/mol. The molecule has 1 aliphatic heterocycles. The van der Waals surface area contributed by atoms with Gasteiger partial charge in [-0.05, 0) is 64.0 Å². The number of benzene rings is 1. The molecule has 0 aliphatic carbocycles. The molecule has 106 valence electrons. The molecule has 2 rings (SSSR count). The zero-order chi connectivity index (χ0) is 14.0. The van der Waals surface area contributed by atoms with Crippen molar-refractivity contribution >= 4 is 5.69 Å². The van der Waals surface area contributed by atoms with Crippen LogP contribution in [-0.2, 0) is 0 Å². The Hall–Kier alpha value is -1.06. The van der Waals surface area contributed by atoms with Crippen LogP contribution in [0.5, 0.6) is 0 Å². The van der Waals surface area contributed by atoms with E-state index >= 15 is 0 Å². The van der Waals surface area contributed by atoms with Gasteiger partial charge in [0.25, 0.3) is 0 Å². The summed E-state index contributed by atoms with van der Waals surface area (Å²) < 4.78 is 0. The maximum Gasteiger partial charge on any atom is 0.0501 e. The smallest absolute Gasteiger partial charge is 0.0501 e. The van der Waals surface area contributed by atoms with Gasteiger partial charge >= 0.3 is 0 Å². The highest BCUT2D eigenvalue weighted by Gasteiger charge is 2.36. The van der Waals surface area contributed by atoms with Gasteiger partial charge < -0.3 is 15.5 Å². The summed E-state index contributed by atoms with van der Waals surface area (Å²) in [6, 6.07) is 6.81. The molecule has 1 fully saturated rings. The van der Waals surface area contributed by atoms with Crippen molar-refractivity contribution in [3.63, 3.8) is 0 Å². The summed E-state index contributed by atoms with van der Waals surface area (Å²) in [4.78, 5) is 4.80. The summed E-state index contributed by atoms with van der Waals surface area (Å²) in [5.41, 5.74) is 10.2. The molecule has 0 radical (unpaired) electrons. The number of hydrogen-bond donors (Lipinski definition) is 1. The van der Waals surface area contributed by atoms with E-state index in [4.69, 9.17) is 5.73 Å². The van der Waals surface area contributed by atoms with Crippen LogP contribution in [0.15, 0.2) is 18.2 Å². The van der Waals surface area contributed by atoms with E-state index in [9.17, 15) is 0 Å². The van der Waals surface area contributed by atoms with Crippen LogP contribution < -0.4 is 10.6 Å². The van der Waals surface area contributed by atoms with Gasteiger partial charge in [0.05, 0.1) is 5.54 Å². The van der Waals surface area contributed by atoms with E-state index in [0.29, 0.717) is 0 Å². The van der Waals surface area contributed by atoms with Crippen LogP contribution in [0.2, 0.25) is 0 Å². The Labute approximate surface area is 117 Å². The molecule has 3 nitrogen and oxygen atoms in total. The average molecular weight is 261 g/mol. The Morgan fingerprint density at radius 3 is 2.37 bits per heavy atom. The van der Waals surface area contributed by atoms with E-state index in [1.54, 1.807) is 0 Å². The molecule has 1 atom stereocenters. The third-order valence-electron chi connectivity index (χ3n) is 4.46. The molecule has 0 aromatic heterocycles. The van der Waals surface area contributed by atoms with Gasteiger partial charge in [-0.3, -0.25) is 0 Å². The summed E-state index contributed by atoms with van der Waals surface area (Å²) in [7, 11) is 4.30. The number of piperidine rings is 1. The lowest BCUT2D eigenvalue weighted by Gasteiger charge is -2.47. The Morgan fingerprint density at radius 1 is 1.21 bits per heavy atom. The van der Waals surface area contributed by atoms with E-state index in [1.807, 2.05) is 0 Å². The number of hydrogen-bond acceptors (Lipinski definition) is 3. The fraction of sp³-hybridized carbons (Fsp3) is 0.625. The van der Waals surface area contributed by atoms with Crippen molar-refractivity contribution < 1.29 is 0 Å². The first kappa shape index (κ1) is 14.4. The molecular formula is C16H27N3. The second kappa shape index (κ2) is 5.51. The molecule has 0 spiro atoms. The van der Waals surface area contributed by atoms with E-state index in [0.717, 1.165) is 19.6 Å². The first-order valence-corrected chi connectivity index (χ1v) is 7.18. The topological polar surface area (TPSA) is 32.5 Å². The molecule has 19 heavy (non-hydrogen) atoms. The number of nitrogens with two attached hydrogens (primary N) is 1. The fourth-order valence-corrected chi connectivity index (χ4v) is 3.18. The molecule has 1 unspecified atom stereocenters. The van der Waals surface area contributed by atoms with Gasteiger partial charge in [0.15, 0.2) is 0 Å². The highest BCUT2D eigenvalue weighted by atomic mass is 15.2. The lowest BCUT2D eigenvalue weighted by molar-refractivity contribution is 0.135. The van der Waals surface area contributed by atoms with Crippen molar-refractivity contribution in [1.82, 2.24) is 4.90 Å². The molecule has 3 heteroatoms. The van der Waals surface area contributed by atoms with Crippen molar-refractivity contribution in [2.75, 3.05) is 38.6 Å². The SMILES string of the molecule is Cc1cc(C)cc(N2CCCC(CN)(N(C)C)C2)c1. The number of likely N-dealkylation sites (N-methyl/N-ethyl adjacent to an activating group) is 1. The zero-order valence-corrected chi connectivity index (χ0v) is 12.7. The van der Waals surface area contributed by atoms with Crippen molar-refractivity contribution in [2.45, 2.75) is 32.2 Å². The van der Waals surface area contributed by atoms with Crippen molar-refractivity contribution in [3.05, 3.63) is 29.3 Å². The maximum atomic E-state index is 6.07. The summed E-state index contributed by atoms with van der Waals surface area (Å²) in [6.07, 6.45) is 2.40. The van der Waals surface area contributed by atoms with Crippen LogP contribution >= 0.6 is 0 Å². The molecule has 1 aromatic rings. The molecule has 2 N–H and O–H groups in total. The summed E-state index contributed by atoms with van der Waals surface area (Å²) in [5.74, 6) is 0. The maximum absolute atomic E-state index is 6.07. The van der Waals surface area contributed by atoms with E-state index < -0.39 is 0 Å². The van der Waals surface area contributed by atoms with Crippen LogP contribution in [0.4, 0.5) is 5.69 Å². The molecule has 0 bridgehead atoms. The minimum Gasteiger partial charge on any atom is -0.370 e. The third kappa shape index (κ3) is 2.93. The highest BCUT2D eigenvalue weighted by molar-refractivity contribution is 5.51. The van der Waals surface area contributed by atoms with Crippen LogP contribution in [-0.4, -0.2) is 44.2 Å². The molecule has 1 saturated heterocycles. The van der Waals surface area contributed by atoms with Gasteiger partial charge in [-0.2, -0.15) is 0 Å². The van der Waals surface area contributed by atoms with E-state index in [-0.39, 0.29) is 5.54 Å². The molecule has 1 aliphatic rings. The first-order valence-electron chi connectivity index (χ1n) is 7.18. The van der Waals surface area contributed by atoms with Gasteiger partial charge in [0, 0.05) is 25.3 Å². The second-order valence-corrected chi connectivity index (χ2v) is 6.19. The van der Waals surface area contributed by atoms with Gasteiger partial charge in [-0.15, -0.1) is 0 Å². The first-order chi connectivity index (χ1) is 8.97. The standard InChI is InChI=1S/C16H27N3/c1-13-8-14(2)10-15(9-13)19-7-5-6-16(11-17,12-19)18(3)4/h8-10H,5-7,11-12,17H2,1-4H3. The summed E-state index contributed by atoms with van der Waals surface area (Å²) in [5, 5.41) is 0. The second-order valence-electron chi connectivity index (χ2n) is 6.19. The summed E-state index contributed by atoms with van der Waals surface area (Å²) >= 11 is 0.